The van der Waals surface area contributed by atoms with Crippen molar-refractivity contribution < 1.29 is 19.1 Å². The van der Waals surface area contributed by atoms with E-state index in [1.807, 2.05) is 86.1 Å². The molecule has 8 nitrogen and oxygen atoms in total. The maximum absolute atomic E-state index is 13.9. The predicted octanol–water partition coefficient (Wildman–Crippen LogP) is 5.83. The summed E-state index contributed by atoms with van der Waals surface area (Å²) >= 11 is 1.53. The Balaban J connectivity index is 1.60. The molecule has 0 spiro atoms. The van der Waals surface area contributed by atoms with E-state index in [9.17, 15) is 9.59 Å². The average Bonchev–Trinajstić information content (AvgIpc) is 3.57. The van der Waals surface area contributed by atoms with Crippen LogP contribution in [0, 0.1) is 19.8 Å². The van der Waals surface area contributed by atoms with Crippen LogP contribution in [0.3, 0.4) is 0 Å². The lowest BCUT2D eigenvalue weighted by atomic mass is 9.99. The van der Waals surface area contributed by atoms with E-state index in [2.05, 4.69) is 18.3 Å². The fourth-order valence-corrected chi connectivity index (χ4v) is 6.58. The molecule has 0 saturated heterocycles. The Bertz CT molecular complexity index is 1650. The SMILES string of the molecule is Cc1ccc(-n2nc(-c3ccccc3)c3c2N(CC(=O)NCC(C)C)C(=O)CSC3c2ccc3c(c2)OCO3)c(C)c1. The zero-order valence-corrected chi connectivity index (χ0v) is 25.0. The number of benzene rings is 3. The number of hydrogen-bond donors (Lipinski definition) is 1. The Morgan fingerprint density at radius 2 is 1.83 bits per heavy atom. The molecule has 0 radical (unpaired) electrons. The summed E-state index contributed by atoms with van der Waals surface area (Å²) in [5, 5.41) is 7.94. The minimum absolute atomic E-state index is 0.0994. The Morgan fingerprint density at radius 1 is 1.05 bits per heavy atom. The van der Waals surface area contributed by atoms with E-state index in [-0.39, 0.29) is 36.2 Å². The molecule has 0 bridgehead atoms. The molecular formula is C33H34N4O4S. The molecule has 1 N–H and O–H groups in total. The van der Waals surface area contributed by atoms with E-state index >= 15 is 0 Å². The van der Waals surface area contributed by atoms with Crippen LogP contribution in [-0.4, -0.2) is 47.2 Å². The fourth-order valence-electron chi connectivity index (χ4n) is 5.40. The van der Waals surface area contributed by atoms with Crippen LogP contribution in [0.1, 0.15) is 41.4 Å². The summed E-state index contributed by atoms with van der Waals surface area (Å²) in [5.74, 6) is 2.13. The lowest BCUT2D eigenvalue weighted by molar-refractivity contribution is -0.123. The molecule has 3 aromatic carbocycles. The van der Waals surface area contributed by atoms with E-state index in [0.29, 0.717) is 29.8 Å². The van der Waals surface area contributed by atoms with Crippen molar-refractivity contribution in [1.82, 2.24) is 15.1 Å². The second-order valence-corrected chi connectivity index (χ2v) is 12.2. The molecule has 4 aromatic rings. The number of hydrogen-bond acceptors (Lipinski definition) is 6. The van der Waals surface area contributed by atoms with Crippen molar-refractivity contribution in [2.24, 2.45) is 5.92 Å². The van der Waals surface area contributed by atoms with Gasteiger partial charge in [0.05, 0.1) is 22.4 Å². The van der Waals surface area contributed by atoms with E-state index in [1.54, 1.807) is 4.90 Å². The van der Waals surface area contributed by atoms with E-state index < -0.39 is 0 Å². The molecule has 1 unspecified atom stereocenters. The molecular weight excluding hydrogens is 548 g/mol. The highest BCUT2D eigenvalue weighted by Crippen LogP contribution is 2.50. The van der Waals surface area contributed by atoms with E-state index in [1.165, 1.54) is 11.8 Å². The van der Waals surface area contributed by atoms with Gasteiger partial charge in [-0.25, -0.2) is 4.68 Å². The van der Waals surface area contributed by atoms with Gasteiger partial charge in [0.25, 0.3) is 0 Å². The van der Waals surface area contributed by atoms with Crippen molar-refractivity contribution in [1.29, 1.82) is 0 Å². The molecule has 1 atom stereocenters. The first kappa shape index (κ1) is 27.9. The van der Waals surface area contributed by atoms with Gasteiger partial charge in [0.15, 0.2) is 11.5 Å². The molecule has 0 fully saturated rings. The van der Waals surface area contributed by atoms with Crippen molar-refractivity contribution >= 4 is 29.4 Å². The first-order chi connectivity index (χ1) is 20.3. The van der Waals surface area contributed by atoms with Crippen LogP contribution in [0.15, 0.2) is 66.7 Å². The summed E-state index contributed by atoms with van der Waals surface area (Å²) in [5.41, 5.74) is 6.57. The van der Waals surface area contributed by atoms with Gasteiger partial charge in [-0.1, -0.05) is 67.9 Å². The predicted molar refractivity (Wildman–Crippen MR) is 166 cm³/mol. The molecule has 2 aliphatic heterocycles. The summed E-state index contributed by atoms with van der Waals surface area (Å²) in [6.45, 7) is 8.80. The molecule has 0 saturated carbocycles. The molecule has 2 aliphatic rings. The van der Waals surface area contributed by atoms with Crippen LogP contribution in [0.4, 0.5) is 5.82 Å². The summed E-state index contributed by atoms with van der Waals surface area (Å²) in [7, 11) is 0. The van der Waals surface area contributed by atoms with Gasteiger partial charge in [-0.15, -0.1) is 11.8 Å². The molecule has 42 heavy (non-hydrogen) atoms. The Hall–Kier alpha value is -4.24. The van der Waals surface area contributed by atoms with Crippen LogP contribution in [-0.2, 0) is 9.59 Å². The van der Waals surface area contributed by atoms with Gasteiger partial charge in [0.2, 0.25) is 18.6 Å². The summed E-state index contributed by atoms with van der Waals surface area (Å²) in [6.07, 6.45) is 0. The van der Waals surface area contributed by atoms with Gasteiger partial charge in [-0.05, 0) is 49.1 Å². The van der Waals surface area contributed by atoms with Gasteiger partial charge in [0.1, 0.15) is 12.4 Å². The highest BCUT2D eigenvalue weighted by Gasteiger charge is 2.38. The van der Waals surface area contributed by atoms with Crippen molar-refractivity contribution in [3.8, 4) is 28.4 Å². The lowest BCUT2D eigenvalue weighted by Gasteiger charge is -2.24. The molecule has 6 rings (SSSR count). The number of aromatic nitrogens is 2. The normalized spacial score (nSPS) is 16.0. The van der Waals surface area contributed by atoms with E-state index in [0.717, 1.165) is 39.2 Å². The first-order valence-electron chi connectivity index (χ1n) is 14.1. The van der Waals surface area contributed by atoms with Crippen LogP contribution in [0.5, 0.6) is 11.5 Å². The third kappa shape index (κ3) is 5.36. The fraction of sp³-hybridized carbons (Fsp3) is 0.303. The maximum atomic E-state index is 13.9. The number of ether oxygens (including phenoxy) is 2. The third-order valence-electron chi connectivity index (χ3n) is 7.43. The highest BCUT2D eigenvalue weighted by molar-refractivity contribution is 8.00. The Morgan fingerprint density at radius 3 is 2.60 bits per heavy atom. The van der Waals surface area contributed by atoms with Crippen LogP contribution < -0.4 is 19.7 Å². The zero-order valence-electron chi connectivity index (χ0n) is 24.2. The molecule has 1 aromatic heterocycles. The minimum atomic E-state index is -0.253. The summed E-state index contributed by atoms with van der Waals surface area (Å²) < 4.78 is 13.2. The van der Waals surface area contributed by atoms with Gasteiger partial charge in [-0.3, -0.25) is 14.5 Å². The number of thioether (sulfide) groups is 1. The number of aryl methyl sites for hydroxylation is 2. The Labute approximate surface area is 250 Å². The molecule has 0 aliphatic carbocycles. The number of nitrogens with one attached hydrogen (secondary N) is 1. The van der Waals surface area contributed by atoms with Crippen molar-refractivity contribution in [2.75, 3.05) is 30.5 Å². The maximum Gasteiger partial charge on any atom is 0.240 e. The zero-order chi connectivity index (χ0) is 29.4. The second kappa shape index (κ2) is 11.6. The van der Waals surface area contributed by atoms with Crippen LogP contribution in [0.25, 0.3) is 16.9 Å². The minimum Gasteiger partial charge on any atom is -0.454 e. The van der Waals surface area contributed by atoms with Gasteiger partial charge < -0.3 is 14.8 Å². The van der Waals surface area contributed by atoms with Crippen LogP contribution >= 0.6 is 11.8 Å². The highest BCUT2D eigenvalue weighted by atomic mass is 32.2. The third-order valence-corrected chi connectivity index (χ3v) is 8.68. The van der Waals surface area contributed by atoms with Crippen molar-refractivity contribution in [3.05, 3.63) is 89.0 Å². The molecule has 2 amide bonds. The summed E-state index contributed by atoms with van der Waals surface area (Å²) in [6, 6.07) is 22.1. The number of fused-ring (bicyclic) bond motifs is 2. The van der Waals surface area contributed by atoms with Crippen molar-refractivity contribution in [2.45, 2.75) is 32.9 Å². The van der Waals surface area contributed by atoms with Gasteiger partial charge >= 0.3 is 0 Å². The number of carbonyl (C=O) groups is 2. The largest absolute Gasteiger partial charge is 0.454 e. The summed E-state index contributed by atoms with van der Waals surface area (Å²) in [4.78, 5) is 28.8. The number of anilines is 1. The monoisotopic (exact) mass is 582 g/mol. The number of rotatable bonds is 7. The lowest BCUT2D eigenvalue weighted by Crippen LogP contribution is -2.43. The van der Waals surface area contributed by atoms with Gasteiger partial charge in [-0.2, -0.15) is 5.10 Å². The Kier molecular flexibility index (Phi) is 7.68. The second-order valence-electron chi connectivity index (χ2n) is 11.1. The molecule has 9 heteroatoms. The average molecular weight is 583 g/mol. The smallest absolute Gasteiger partial charge is 0.240 e. The molecule has 216 valence electrons. The van der Waals surface area contributed by atoms with Gasteiger partial charge in [0, 0.05) is 17.7 Å². The van der Waals surface area contributed by atoms with Crippen molar-refractivity contribution in [3.63, 3.8) is 0 Å². The number of amides is 2. The van der Waals surface area contributed by atoms with E-state index in [4.69, 9.17) is 14.6 Å². The molecule has 3 heterocycles. The first-order valence-corrected chi connectivity index (χ1v) is 15.2. The number of nitrogens with zero attached hydrogens (tertiary/aromatic N) is 3. The number of carbonyl (C=O) groups excluding carboxylic acids is 2. The standard InChI is InChI=1S/C33H34N4O4S/c1-20(2)16-34-28(38)17-36-29(39)18-42-32(24-11-13-26-27(15-24)41-19-40-26)30-31(23-8-6-5-7-9-23)35-37(33(30)36)25-12-10-21(3)14-22(25)4/h5-15,20,32H,16-19H2,1-4H3,(H,34,38). The quantitative estimate of drug-likeness (QED) is 0.295. The van der Waals surface area contributed by atoms with Crippen LogP contribution in [0.2, 0.25) is 0 Å². The topological polar surface area (TPSA) is 85.7 Å².